The van der Waals surface area contributed by atoms with Gasteiger partial charge in [-0.25, -0.2) is 13.2 Å². The quantitative estimate of drug-likeness (QED) is 0.798. The van der Waals surface area contributed by atoms with Gasteiger partial charge in [0.05, 0.1) is 12.2 Å². The van der Waals surface area contributed by atoms with Crippen LogP contribution in [0.2, 0.25) is 0 Å². The number of nitrogens with zero attached hydrogens (tertiary/aromatic N) is 1. The number of aromatic nitrogens is 1. The third-order valence-corrected chi connectivity index (χ3v) is 3.26. The molecule has 6 heteroatoms. The largest absolute Gasteiger partial charge is 0.391 e. The van der Waals surface area contributed by atoms with E-state index in [-0.39, 0.29) is 22.6 Å². The van der Waals surface area contributed by atoms with Crippen molar-refractivity contribution in [3.8, 4) is 22.6 Å². The summed E-state index contributed by atoms with van der Waals surface area (Å²) in [5, 5.41) is 13.3. The SMILES string of the molecule is OCc1c(-c2cccc(F)c2F)noc1-c1ccc(F)cc1. The maximum Gasteiger partial charge on any atom is 0.173 e. The highest BCUT2D eigenvalue weighted by Gasteiger charge is 2.21. The molecule has 3 nitrogen and oxygen atoms in total. The molecule has 3 rings (SSSR count). The summed E-state index contributed by atoms with van der Waals surface area (Å²) in [6.07, 6.45) is 0. The van der Waals surface area contributed by atoms with Crippen molar-refractivity contribution >= 4 is 0 Å². The standard InChI is InChI=1S/C16H10F3NO2/c17-10-6-4-9(5-7-10)16-12(8-21)15(20-22-16)11-2-1-3-13(18)14(11)19/h1-7,21H,8H2. The lowest BCUT2D eigenvalue weighted by atomic mass is 10.0. The number of hydrogen-bond donors (Lipinski definition) is 1. The van der Waals surface area contributed by atoms with Crippen LogP contribution in [0.4, 0.5) is 13.2 Å². The molecule has 0 fully saturated rings. The van der Waals surface area contributed by atoms with Crippen LogP contribution in [0.5, 0.6) is 0 Å². The maximum atomic E-state index is 13.9. The molecule has 0 saturated carbocycles. The number of aliphatic hydroxyl groups is 1. The third-order valence-electron chi connectivity index (χ3n) is 3.26. The van der Waals surface area contributed by atoms with Gasteiger partial charge in [-0.05, 0) is 36.4 Å². The highest BCUT2D eigenvalue weighted by molar-refractivity contribution is 5.72. The predicted octanol–water partition coefficient (Wildman–Crippen LogP) is 3.92. The van der Waals surface area contributed by atoms with Crippen molar-refractivity contribution in [1.82, 2.24) is 5.16 Å². The summed E-state index contributed by atoms with van der Waals surface area (Å²) in [5.41, 5.74) is 0.581. The molecule has 0 aliphatic carbocycles. The van der Waals surface area contributed by atoms with Gasteiger partial charge in [-0.3, -0.25) is 0 Å². The minimum atomic E-state index is -1.07. The number of rotatable bonds is 3. The second-order valence-corrected chi connectivity index (χ2v) is 4.61. The summed E-state index contributed by atoms with van der Waals surface area (Å²) in [4.78, 5) is 0. The molecule has 0 amide bonds. The van der Waals surface area contributed by atoms with Crippen LogP contribution in [-0.4, -0.2) is 10.3 Å². The topological polar surface area (TPSA) is 46.3 Å². The zero-order valence-electron chi connectivity index (χ0n) is 11.2. The van der Waals surface area contributed by atoms with Gasteiger partial charge < -0.3 is 9.63 Å². The third kappa shape index (κ3) is 2.37. The van der Waals surface area contributed by atoms with Gasteiger partial charge in [0.15, 0.2) is 17.4 Å². The van der Waals surface area contributed by atoms with Gasteiger partial charge in [0.25, 0.3) is 0 Å². The summed E-state index contributed by atoms with van der Waals surface area (Å²) in [6.45, 7) is -0.485. The molecular formula is C16H10F3NO2. The van der Waals surface area contributed by atoms with Gasteiger partial charge in [-0.2, -0.15) is 0 Å². The summed E-state index contributed by atoms with van der Waals surface area (Å²) in [7, 11) is 0. The molecule has 1 heterocycles. The van der Waals surface area contributed by atoms with E-state index in [9.17, 15) is 18.3 Å². The normalized spacial score (nSPS) is 10.9. The van der Waals surface area contributed by atoms with E-state index in [1.165, 1.54) is 36.4 Å². The second-order valence-electron chi connectivity index (χ2n) is 4.61. The van der Waals surface area contributed by atoms with Gasteiger partial charge in [0.2, 0.25) is 0 Å². The Hall–Kier alpha value is -2.60. The van der Waals surface area contributed by atoms with Crippen molar-refractivity contribution in [2.75, 3.05) is 0 Å². The minimum absolute atomic E-state index is 0.0128. The summed E-state index contributed by atoms with van der Waals surface area (Å²) in [6, 6.07) is 8.99. The average molecular weight is 305 g/mol. The Morgan fingerprint density at radius 1 is 1.00 bits per heavy atom. The van der Waals surface area contributed by atoms with Crippen molar-refractivity contribution in [2.24, 2.45) is 0 Å². The van der Waals surface area contributed by atoms with Crippen molar-refractivity contribution in [3.05, 3.63) is 65.5 Å². The van der Waals surface area contributed by atoms with Crippen LogP contribution in [0.1, 0.15) is 5.56 Å². The fraction of sp³-hybridized carbons (Fsp3) is 0.0625. The van der Waals surface area contributed by atoms with Crippen molar-refractivity contribution in [3.63, 3.8) is 0 Å². The van der Waals surface area contributed by atoms with E-state index < -0.39 is 24.1 Å². The molecule has 0 aliphatic rings. The molecule has 3 aromatic rings. The van der Waals surface area contributed by atoms with Crippen LogP contribution >= 0.6 is 0 Å². The van der Waals surface area contributed by atoms with Gasteiger partial charge in [0.1, 0.15) is 11.5 Å². The molecule has 0 bridgehead atoms. The van der Waals surface area contributed by atoms with Crippen LogP contribution < -0.4 is 0 Å². The molecule has 0 radical (unpaired) electrons. The Kier molecular flexibility index (Phi) is 3.68. The first kappa shape index (κ1) is 14.3. The van der Waals surface area contributed by atoms with Gasteiger partial charge in [-0.1, -0.05) is 11.2 Å². The van der Waals surface area contributed by atoms with Gasteiger partial charge in [-0.15, -0.1) is 0 Å². The summed E-state index contributed by atoms with van der Waals surface area (Å²) >= 11 is 0. The highest BCUT2D eigenvalue weighted by Crippen LogP contribution is 2.34. The molecule has 0 unspecified atom stereocenters. The molecule has 1 N–H and O–H groups in total. The zero-order chi connectivity index (χ0) is 15.7. The van der Waals surface area contributed by atoms with Crippen LogP contribution in [0, 0.1) is 17.5 Å². The van der Waals surface area contributed by atoms with E-state index in [1.54, 1.807) is 0 Å². The lowest BCUT2D eigenvalue weighted by Crippen LogP contribution is -1.94. The molecule has 0 spiro atoms. The molecule has 112 valence electrons. The first-order chi connectivity index (χ1) is 10.6. The highest BCUT2D eigenvalue weighted by atomic mass is 19.2. The Balaban J connectivity index is 2.15. The van der Waals surface area contributed by atoms with Crippen LogP contribution in [0.25, 0.3) is 22.6 Å². The van der Waals surface area contributed by atoms with Crippen molar-refractivity contribution in [1.29, 1.82) is 0 Å². The van der Waals surface area contributed by atoms with Crippen LogP contribution in [0.15, 0.2) is 47.0 Å². The zero-order valence-corrected chi connectivity index (χ0v) is 11.2. The summed E-state index contributed by atoms with van der Waals surface area (Å²) in [5.74, 6) is -2.34. The second kappa shape index (κ2) is 5.65. The first-order valence-electron chi connectivity index (χ1n) is 6.41. The fourth-order valence-electron chi connectivity index (χ4n) is 2.18. The molecule has 2 aromatic carbocycles. The lowest BCUT2D eigenvalue weighted by Gasteiger charge is -2.03. The van der Waals surface area contributed by atoms with E-state index in [1.807, 2.05) is 0 Å². The Labute approximate surface area is 123 Å². The summed E-state index contributed by atoms with van der Waals surface area (Å²) < 4.78 is 45.3. The van der Waals surface area contributed by atoms with E-state index in [4.69, 9.17) is 4.52 Å². The molecule has 0 saturated heterocycles. The Morgan fingerprint density at radius 2 is 1.73 bits per heavy atom. The monoisotopic (exact) mass is 305 g/mol. The van der Waals surface area contributed by atoms with Crippen LogP contribution in [0.3, 0.4) is 0 Å². The predicted molar refractivity (Wildman–Crippen MR) is 73.2 cm³/mol. The smallest absolute Gasteiger partial charge is 0.173 e. The number of aliphatic hydroxyl groups excluding tert-OH is 1. The molecule has 1 aromatic heterocycles. The maximum absolute atomic E-state index is 13.9. The molecule has 0 aliphatic heterocycles. The fourth-order valence-corrected chi connectivity index (χ4v) is 2.18. The number of hydrogen-bond acceptors (Lipinski definition) is 3. The van der Waals surface area contributed by atoms with E-state index in [0.29, 0.717) is 5.56 Å². The Bertz CT molecular complexity index is 813. The average Bonchev–Trinajstić information content (AvgIpc) is 2.94. The van der Waals surface area contributed by atoms with Crippen molar-refractivity contribution < 1.29 is 22.8 Å². The lowest BCUT2D eigenvalue weighted by molar-refractivity contribution is 0.281. The molecular weight excluding hydrogens is 295 g/mol. The van der Waals surface area contributed by atoms with Crippen LogP contribution in [-0.2, 0) is 6.61 Å². The minimum Gasteiger partial charge on any atom is -0.391 e. The van der Waals surface area contributed by atoms with Gasteiger partial charge in [0, 0.05) is 11.1 Å². The van der Waals surface area contributed by atoms with Gasteiger partial charge >= 0.3 is 0 Å². The molecule has 0 atom stereocenters. The van der Waals surface area contributed by atoms with Crippen molar-refractivity contribution in [2.45, 2.75) is 6.61 Å². The Morgan fingerprint density at radius 3 is 2.41 bits per heavy atom. The first-order valence-corrected chi connectivity index (χ1v) is 6.41. The molecule has 22 heavy (non-hydrogen) atoms. The van der Waals surface area contributed by atoms with E-state index in [2.05, 4.69) is 5.16 Å². The van der Waals surface area contributed by atoms with E-state index >= 15 is 0 Å². The number of halogens is 3. The van der Waals surface area contributed by atoms with E-state index in [0.717, 1.165) is 6.07 Å². The number of benzene rings is 2.